The van der Waals surface area contributed by atoms with Gasteiger partial charge in [-0.1, -0.05) is 36.7 Å². The molecule has 0 spiro atoms. The maximum absolute atomic E-state index is 12.8. The van der Waals surface area contributed by atoms with Crippen molar-refractivity contribution >= 4 is 27.5 Å². The van der Waals surface area contributed by atoms with Crippen LogP contribution in [0.25, 0.3) is 0 Å². The third kappa shape index (κ3) is 5.69. The molecule has 0 aliphatic heterocycles. The largest absolute Gasteiger partial charge is 0.494 e. The molecule has 2 aromatic rings. The van der Waals surface area contributed by atoms with E-state index in [1.165, 1.54) is 12.1 Å². The minimum atomic E-state index is -3.78. The van der Waals surface area contributed by atoms with E-state index in [1.807, 2.05) is 13.0 Å². The molecule has 0 radical (unpaired) electrons. The molecule has 8 heteroatoms. The van der Waals surface area contributed by atoms with Gasteiger partial charge in [-0.25, -0.2) is 8.42 Å². The minimum Gasteiger partial charge on any atom is -0.494 e. The first-order valence-electron chi connectivity index (χ1n) is 8.61. The second kappa shape index (κ2) is 9.73. The average molecular weight is 411 g/mol. The van der Waals surface area contributed by atoms with Gasteiger partial charge >= 0.3 is 0 Å². The van der Waals surface area contributed by atoms with Crippen LogP contribution in [0.3, 0.4) is 0 Å². The Bertz CT molecular complexity index is 870. The van der Waals surface area contributed by atoms with Crippen LogP contribution in [0.1, 0.15) is 19.4 Å². The van der Waals surface area contributed by atoms with Gasteiger partial charge in [-0.2, -0.15) is 4.31 Å². The molecule has 0 aromatic heterocycles. The summed E-state index contributed by atoms with van der Waals surface area (Å²) in [5.74, 6) is 0.197. The predicted octanol–water partition coefficient (Wildman–Crippen LogP) is 3.07. The van der Waals surface area contributed by atoms with E-state index in [2.05, 4.69) is 5.32 Å². The maximum atomic E-state index is 12.8. The number of ether oxygens (including phenoxy) is 1. The Morgan fingerprint density at radius 3 is 2.37 bits per heavy atom. The van der Waals surface area contributed by atoms with Gasteiger partial charge in [0.05, 0.1) is 18.0 Å². The number of nitrogens with one attached hydrogen (secondary N) is 1. The summed E-state index contributed by atoms with van der Waals surface area (Å²) in [5.41, 5.74) is 0.768. The lowest BCUT2D eigenvalue weighted by atomic mass is 10.2. The third-order valence-electron chi connectivity index (χ3n) is 3.88. The number of nitrogens with zero attached hydrogens (tertiary/aromatic N) is 1. The van der Waals surface area contributed by atoms with Crippen molar-refractivity contribution < 1.29 is 17.9 Å². The molecule has 0 atom stereocenters. The molecule has 0 fully saturated rings. The Hall–Kier alpha value is -2.09. The highest BCUT2D eigenvalue weighted by atomic mass is 35.5. The minimum absolute atomic E-state index is 0.117. The Balaban J connectivity index is 2.03. The van der Waals surface area contributed by atoms with Crippen LogP contribution in [0.5, 0.6) is 5.75 Å². The summed E-state index contributed by atoms with van der Waals surface area (Å²) in [7, 11) is -3.78. The van der Waals surface area contributed by atoms with E-state index in [9.17, 15) is 13.2 Å². The second-order valence-corrected chi connectivity index (χ2v) is 8.05. The van der Waals surface area contributed by atoms with Gasteiger partial charge in [-0.15, -0.1) is 0 Å². The molecular weight excluding hydrogens is 388 g/mol. The fourth-order valence-corrected chi connectivity index (χ4v) is 4.05. The molecule has 0 unspecified atom stereocenters. The topological polar surface area (TPSA) is 75.7 Å². The van der Waals surface area contributed by atoms with Crippen molar-refractivity contribution in [1.29, 1.82) is 0 Å². The van der Waals surface area contributed by atoms with Gasteiger partial charge in [-0.05, 0) is 42.8 Å². The Morgan fingerprint density at radius 2 is 1.78 bits per heavy atom. The highest BCUT2D eigenvalue weighted by molar-refractivity contribution is 7.89. The molecular formula is C19H23ClN2O4S. The third-order valence-corrected chi connectivity index (χ3v) is 6.18. The van der Waals surface area contributed by atoms with Crippen molar-refractivity contribution in [3.8, 4) is 5.75 Å². The van der Waals surface area contributed by atoms with Gasteiger partial charge in [0.1, 0.15) is 5.75 Å². The lowest BCUT2D eigenvalue weighted by molar-refractivity contribution is -0.121. The second-order valence-electron chi connectivity index (χ2n) is 5.70. The first kappa shape index (κ1) is 21.2. The maximum Gasteiger partial charge on any atom is 0.243 e. The molecule has 0 aliphatic carbocycles. The number of benzene rings is 2. The van der Waals surface area contributed by atoms with E-state index in [1.54, 1.807) is 37.3 Å². The summed E-state index contributed by atoms with van der Waals surface area (Å²) in [6, 6.07) is 13.3. The zero-order valence-electron chi connectivity index (χ0n) is 15.3. The molecule has 0 saturated carbocycles. The van der Waals surface area contributed by atoms with E-state index in [0.29, 0.717) is 17.4 Å². The highest BCUT2D eigenvalue weighted by Crippen LogP contribution is 2.19. The summed E-state index contributed by atoms with van der Waals surface area (Å²) < 4.78 is 32.0. The number of carbonyl (C=O) groups excluding carboxylic acids is 1. The van der Waals surface area contributed by atoms with Gasteiger partial charge < -0.3 is 10.1 Å². The number of hydrogen-bond donors (Lipinski definition) is 1. The van der Waals surface area contributed by atoms with Crippen molar-refractivity contribution in [3.05, 3.63) is 59.1 Å². The SMILES string of the molecule is CCOc1ccc(S(=O)(=O)N(CC)CC(=O)NCc2ccccc2Cl)cc1. The van der Waals surface area contributed by atoms with Gasteiger partial charge in [0.2, 0.25) is 15.9 Å². The van der Waals surface area contributed by atoms with Gasteiger partial charge in [0, 0.05) is 18.1 Å². The summed E-state index contributed by atoms with van der Waals surface area (Å²) in [6.07, 6.45) is 0. The van der Waals surface area contributed by atoms with Gasteiger partial charge in [0.15, 0.2) is 0 Å². The van der Waals surface area contributed by atoms with Crippen LogP contribution < -0.4 is 10.1 Å². The van der Waals surface area contributed by atoms with Crippen LogP contribution in [0, 0.1) is 0 Å². The Labute approximate surface area is 165 Å². The predicted molar refractivity (Wildman–Crippen MR) is 105 cm³/mol. The smallest absolute Gasteiger partial charge is 0.243 e. The molecule has 1 N–H and O–H groups in total. The van der Waals surface area contributed by atoms with E-state index in [4.69, 9.17) is 16.3 Å². The average Bonchev–Trinajstić information content (AvgIpc) is 2.66. The molecule has 0 heterocycles. The molecule has 27 heavy (non-hydrogen) atoms. The first-order chi connectivity index (χ1) is 12.9. The van der Waals surface area contributed by atoms with E-state index in [-0.39, 0.29) is 24.5 Å². The summed E-state index contributed by atoms with van der Waals surface area (Å²) in [6.45, 7) is 4.18. The quantitative estimate of drug-likeness (QED) is 0.689. The molecule has 0 aliphatic rings. The van der Waals surface area contributed by atoms with Crippen LogP contribution >= 0.6 is 11.6 Å². The van der Waals surface area contributed by atoms with Crippen LogP contribution in [-0.2, 0) is 21.4 Å². The van der Waals surface area contributed by atoms with Gasteiger partial charge in [0.25, 0.3) is 0 Å². The standard InChI is InChI=1S/C19H23ClN2O4S/c1-3-22(14-19(23)21-13-15-7-5-6-8-18(15)20)27(24,25)17-11-9-16(10-12-17)26-4-2/h5-12H,3-4,13-14H2,1-2H3,(H,21,23). The summed E-state index contributed by atoms with van der Waals surface area (Å²) >= 11 is 6.06. The number of carbonyl (C=O) groups is 1. The van der Waals surface area contributed by atoms with Gasteiger partial charge in [-0.3, -0.25) is 4.79 Å². The monoisotopic (exact) mass is 410 g/mol. The van der Waals surface area contributed by atoms with Crippen molar-refractivity contribution in [2.75, 3.05) is 19.7 Å². The number of hydrogen-bond acceptors (Lipinski definition) is 4. The zero-order chi connectivity index (χ0) is 19.9. The number of likely N-dealkylation sites (N-methyl/N-ethyl adjacent to an activating group) is 1. The number of sulfonamides is 1. The van der Waals surface area contributed by atoms with Crippen LogP contribution in [0.15, 0.2) is 53.4 Å². The number of amides is 1. The van der Waals surface area contributed by atoms with Crippen molar-refractivity contribution in [2.24, 2.45) is 0 Å². The van der Waals surface area contributed by atoms with Crippen LogP contribution in [-0.4, -0.2) is 38.3 Å². The molecule has 0 bridgehead atoms. The zero-order valence-corrected chi connectivity index (χ0v) is 16.9. The fourth-order valence-electron chi connectivity index (χ4n) is 2.44. The van der Waals surface area contributed by atoms with Crippen molar-refractivity contribution in [2.45, 2.75) is 25.3 Å². The van der Waals surface area contributed by atoms with E-state index in [0.717, 1.165) is 9.87 Å². The molecule has 2 aromatic carbocycles. The Morgan fingerprint density at radius 1 is 1.11 bits per heavy atom. The fraction of sp³-hybridized carbons (Fsp3) is 0.316. The van der Waals surface area contributed by atoms with E-state index >= 15 is 0 Å². The molecule has 146 valence electrons. The Kier molecular flexibility index (Phi) is 7.65. The van der Waals surface area contributed by atoms with Crippen molar-refractivity contribution in [1.82, 2.24) is 9.62 Å². The lowest BCUT2D eigenvalue weighted by Gasteiger charge is -2.20. The number of rotatable bonds is 9. The normalized spacial score (nSPS) is 11.4. The molecule has 6 nitrogen and oxygen atoms in total. The molecule has 2 rings (SSSR count). The van der Waals surface area contributed by atoms with Crippen LogP contribution in [0.2, 0.25) is 5.02 Å². The first-order valence-corrected chi connectivity index (χ1v) is 10.4. The molecule has 0 saturated heterocycles. The number of halogens is 1. The molecule has 1 amide bonds. The van der Waals surface area contributed by atoms with Crippen LogP contribution in [0.4, 0.5) is 0 Å². The lowest BCUT2D eigenvalue weighted by Crippen LogP contribution is -2.40. The van der Waals surface area contributed by atoms with E-state index < -0.39 is 15.9 Å². The summed E-state index contributed by atoms with van der Waals surface area (Å²) in [5, 5.41) is 3.25. The van der Waals surface area contributed by atoms with Crippen molar-refractivity contribution in [3.63, 3.8) is 0 Å². The highest BCUT2D eigenvalue weighted by Gasteiger charge is 2.25. The summed E-state index contributed by atoms with van der Waals surface area (Å²) in [4.78, 5) is 12.4.